The van der Waals surface area contributed by atoms with Crippen molar-refractivity contribution in [3.05, 3.63) is 64.8 Å². The second-order valence-corrected chi connectivity index (χ2v) is 6.82. The van der Waals surface area contributed by atoms with Crippen LogP contribution in [0.5, 0.6) is 5.75 Å². The third kappa shape index (κ3) is 5.12. The van der Waals surface area contributed by atoms with E-state index in [4.69, 9.17) is 9.47 Å². The average molecular weight is 383 g/mol. The molecule has 3 rings (SSSR count). The summed E-state index contributed by atoms with van der Waals surface area (Å²) >= 11 is 1.35. The molecule has 3 aromatic rings. The Labute approximate surface area is 162 Å². The number of carbonyl (C=O) groups excluding carboxylic acids is 1. The summed E-state index contributed by atoms with van der Waals surface area (Å²) in [5.74, 6) is 0.614. The number of aryl methyl sites for hydroxylation is 1. The van der Waals surface area contributed by atoms with E-state index in [0.29, 0.717) is 30.3 Å². The lowest BCUT2D eigenvalue weighted by atomic mass is 10.2. The minimum absolute atomic E-state index is 0.141. The van der Waals surface area contributed by atoms with Crippen molar-refractivity contribution in [2.24, 2.45) is 0 Å². The van der Waals surface area contributed by atoms with Gasteiger partial charge in [-0.3, -0.25) is 9.78 Å². The fraction of sp³-hybridized carbons (Fsp3) is 0.250. The number of rotatable bonds is 8. The molecule has 0 aliphatic heterocycles. The topological polar surface area (TPSA) is 73.3 Å². The van der Waals surface area contributed by atoms with Gasteiger partial charge in [-0.2, -0.15) is 0 Å². The molecule has 6 nitrogen and oxygen atoms in total. The number of thiazole rings is 1. The summed E-state index contributed by atoms with van der Waals surface area (Å²) in [6, 6.07) is 13.3. The Hall–Kier alpha value is -2.77. The highest BCUT2D eigenvalue weighted by atomic mass is 32.1. The molecule has 1 N–H and O–H groups in total. The van der Waals surface area contributed by atoms with Crippen LogP contribution in [0.1, 0.15) is 20.9 Å². The van der Waals surface area contributed by atoms with E-state index in [2.05, 4.69) is 15.3 Å². The van der Waals surface area contributed by atoms with Gasteiger partial charge in [0.25, 0.3) is 5.91 Å². The van der Waals surface area contributed by atoms with Gasteiger partial charge in [0.2, 0.25) is 0 Å². The Morgan fingerprint density at radius 3 is 2.85 bits per heavy atom. The summed E-state index contributed by atoms with van der Waals surface area (Å²) < 4.78 is 10.6. The first kappa shape index (κ1) is 19.0. The lowest BCUT2D eigenvalue weighted by Crippen LogP contribution is -2.22. The standard InChI is InChI=1S/C20H21N3O3S/c1-14-18(27-20(23-14)17-8-3-4-9-21-17)19(24)22-13-15-6-5-7-16(12-15)26-11-10-25-2/h3-9,12H,10-11,13H2,1-2H3,(H,22,24). The minimum atomic E-state index is -0.141. The number of nitrogens with one attached hydrogen (secondary N) is 1. The Kier molecular flexibility index (Phi) is 6.51. The summed E-state index contributed by atoms with van der Waals surface area (Å²) in [6.07, 6.45) is 1.72. The first-order chi connectivity index (χ1) is 13.2. The number of ether oxygens (including phenoxy) is 2. The number of benzene rings is 1. The van der Waals surface area contributed by atoms with E-state index in [1.54, 1.807) is 13.3 Å². The van der Waals surface area contributed by atoms with Crippen molar-refractivity contribution in [1.82, 2.24) is 15.3 Å². The Morgan fingerprint density at radius 1 is 1.19 bits per heavy atom. The van der Waals surface area contributed by atoms with Gasteiger partial charge in [-0.25, -0.2) is 4.98 Å². The summed E-state index contributed by atoms with van der Waals surface area (Å²) in [5.41, 5.74) is 2.44. The molecule has 2 heterocycles. The van der Waals surface area contributed by atoms with E-state index in [1.165, 1.54) is 11.3 Å². The fourth-order valence-corrected chi connectivity index (χ4v) is 3.42. The third-order valence-corrected chi connectivity index (χ3v) is 4.97. The molecule has 140 valence electrons. The number of nitrogens with zero attached hydrogens (tertiary/aromatic N) is 2. The fourth-order valence-electron chi connectivity index (χ4n) is 2.46. The second kappa shape index (κ2) is 9.25. The second-order valence-electron chi connectivity index (χ2n) is 5.82. The predicted octanol–water partition coefficient (Wildman–Crippen LogP) is 3.47. The zero-order valence-electron chi connectivity index (χ0n) is 15.3. The monoisotopic (exact) mass is 383 g/mol. The third-order valence-electron chi connectivity index (χ3n) is 3.79. The lowest BCUT2D eigenvalue weighted by molar-refractivity contribution is 0.0954. The first-order valence-corrected chi connectivity index (χ1v) is 9.36. The summed E-state index contributed by atoms with van der Waals surface area (Å²) in [5, 5.41) is 3.69. The average Bonchev–Trinajstić information content (AvgIpc) is 3.09. The van der Waals surface area contributed by atoms with Crippen molar-refractivity contribution in [2.45, 2.75) is 13.5 Å². The van der Waals surface area contributed by atoms with Crippen molar-refractivity contribution in [3.8, 4) is 16.5 Å². The number of aromatic nitrogens is 2. The lowest BCUT2D eigenvalue weighted by Gasteiger charge is -2.08. The molecule has 0 aliphatic carbocycles. The Balaban J connectivity index is 1.63. The molecular weight excluding hydrogens is 362 g/mol. The summed E-state index contributed by atoms with van der Waals surface area (Å²) in [4.78, 5) is 21.9. The molecule has 27 heavy (non-hydrogen) atoms. The molecule has 2 aromatic heterocycles. The molecular formula is C20H21N3O3S. The van der Waals surface area contributed by atoms with Crippen molar-refractivity contribution < 1.29 is 14.3 Å². The van der Waals surface area contributed by atoms with Gasteiger partial charge < -0.3 is 14.8 Å². The molecule has 1 amide bonds. The van der Waals surface area contributed by atoms with Gasteiger partial charge in [0.1, 0.15) is 22.2 Å². The van der Waals surface area contributed by atoms with Crippen LogP contribution < -0.4 is 10.1 Å². The smallest absolute Gasteiger partial charge is 0.263 e. The van der Waals surface area contributed by atoms with Crippen molar-refractivity contribution in [1.29, 1.82) is 0 Å². The van der Waals surface area contributed by atoms with Gasteiger partial charge in [-0.15, -0.1) is 11.3 Å². The Bertz CT molecular complexity index is 896. The van der Waals surface area contributed by atoms with E-state index in [9.17, 15) is 4.79 Å². The van der Waals surface area contributed by atoms with Crippen LogP contribution in [0.25, 0.3) is 10.7 Å². The van der Waals surface area contributed by atoms with Crippen LogP contribution in [-0.2, 0) is 11.3 Å². The molecule has 0 aliphatic rings. The number of hydrogen-bond acceptors (Lipinski definition) is 6. The van der Waals surface area contributed by atoms with E-state index in [-0.39, 0.29) is 5.91 Å². The number of pyridine rings is 1. The maximum absolute atomic E-state index is 12.6. The van der Waals surface area contributed by atoms with Crippen molar-refractivity contribution in [2.75, 3.05) is 20.3 Å². The minimum Gasteiger partial charge on any atom is -0.491 e. The number of hydrogen-bond donors (Lipinski definition) is 1. The molecule has 7 heteroatoms. The van der Waals surface area contributed by atoms with Crippen LogP contribution in [0.4, 0.5) is 0 Å². The van der Waals surface area contributed by atoms with E-state index >= 15 is 0 Å². The summed E-state index contributed by atoms with van der Waals surface area (Å²) in [7, 11) is 1.63. The molecule has 0 saturated heterocycles. The number of methoxy groups -OCH3 is 1. The van der Waals surface area contributed by atoms with E-state index < -0.39 is 0 Å². The highest BCUT2D eigenvalue weighted by molar-refractivity contribution is 7.17. The zero-order chi connectivity index (χ0) is 19.1. The van der Waals surface area contributed by atoms with Gasteiger partial charge >= 0.3 is 0 Å². The maximum Gasteiger partial charge on any atom is 0.263 e. The molecule has 0 atom stereocenters. The highest BCUT2D eigenvalue weighted by Gasteiger charge is 2.16. The normalized spacial score (nSPS) is 10.6. The predicted molar refractivity (Wildman–Crippen MR) is 105 cm³/mol. The van der Waals surface area contributed by atoms with Crippen LogP contribution in [0.15, 0.2) is 48.7 Å². The molecule has 1 aromatic carbocycles. The SMILES string of the molecule is COCCOc1cccc(CNC(=O)c2sc(-c3ccccn3)nc2C)c1. The van der Waals surface area contributed by atoms with Gasteiger partial charge in [0, 0.05) is 19.9 Å². The van der Waals surface area contributed by atoms with Crippen LogP contribution >= 0.6 is 11.3 Å². The van der Waals surface area contributed by atoms with Crippen LogP contribution in [0.3, 0.4) is 0 Å². The largest absolute Gasteiger partial charge is 0.491 e. The highest BCUT2D eigenvalue weighted by Crippen LogP contribution is 2.26. The van der Waals surface area contributed by atoms with Crippen LogP contribution in [-0.4, -0.2) is 36.2 Å². The van der Waals surface area contributed by atoms with Crippen molar-refractivity contribution >= 4 is 17.2 Å². The maximum atomic E-state index is 12.6. The first-order valence-electron chi connectivity index (χ1n) is 8.55. The van der Waals surface area contributed by atoms with Crippen LogP contribution in [0, 0.1) is 6.92 Å². The van der Waals surface area contributed by atoms with E-state index in [0.717, 1.165) is 22.0 Å². The molecule has 0 unspecified atom stereocenters. The van der Waals surface area contributed by atoms with Gasteiger partial charge in [0.05, 0.1) is 18.0 Å². The van der Waals surface area contributed by atoms with Crippen LogP contribution in [0.2, 0.25) is 0 Å². The molecule has 0 spiro atoms. The number of amides is 1. The summed E-state index contributed by atoms with van der Waals surface area (Å²) in [6.45, 7) is 3.27. The quantitative estimate of drug-likeness (QED) is 0.603. The Morgan fingerprint density at radius 2 is 2.07 bits per heavy atom. The molecule has 0 bridgehead atoms. The van der Waals surface area contributed by atoms with Crippen molar-refractivity contribution in [3.63, 3.8) is 0 Å². The zero-order valence-corrected chi connectivity index (χ0v) is 16.1. The molecule has 0 saturated carbocycles. The van der Waals surface area contributed by atoms with Gasteiger partial charge in [-0.05, 0) is 36.8 Å². The van der Waals surface area contributed by atoms with E-state index in [1.807, 2.05) is 49.4 Å². The molecule has 0 radical (unpaired) electrons. The number of carbonyl (C=O) groups is 1. The van der Waals surface area contributed by atoms with Gasteiger partial charge in [-0.1, -0.05) is 18.2 Å². The van der Waals surface area contributed by atoms with Gasteiger partial charge in [0.15, 0.2) is 0 Å². The molecule has 0 fully saturated rings.